The van der Waals surface area contributed by atoms with Crippen molar-refractivity contribution in [3.8, 4) is 0 Å². The molecule has 0 unspecified atom stereocenters. The van der Waals surface area contributed by atoms with Crippen LogP contribution in [-0.4, -0.2) is 24.7 Å². The van der Waals surface area contributed by atoms with E-state index < -0.39 is 17.6 Å². The number of amides is 1. The second kappa shape index (κ2) is 5.93. The second-order valence-electron chi connectivity index (χ2n) is 5.02. The van der Waals surface area contributed by atoms with Crippen molar-refractivity contribution in [3.63, 3.8) is 0 Å². The lowest BCUT2D eigenvalue weighted by atomic mass is 9.89. The number of halogens is 3. The van der Waals surface area contributed by atoms with Crippen LogP contribution in [0.4, 0.5) is 18.9 Å². The number of benzene rings is 1. The van der Waals surface area contributed by atoms with E-state index in [0.29, 0.717) is 19.4 Å². The zero-order valence-corrected chi connectivity index (χ0v) is 11.5. The zero-order valence-electron chi connectivity index (χ0n) is 11.5. The molecular weight excluding hydrogens is 285 g/mol. The van der Waals surface area contributed by atoms with Crippen molar-refractivity contribution in [2.75, 3.05) is 12.3 Å². The van der Waals surface area contributed by atoms with Gasteiger partial charge in [-0.15, -0.1) is 0 Å². The quantitative estimate of drug-likeness (QED) is 0.840. The molecule has 0 spiro atoms. The number of rotatable bonds is 4. The van der Waals surface area contributed by atoms with Gasteiger partial charge in [-0.2, -0.15) is 13.2 Å². The summed E-state index contributed by atoms with van der Waals surface area (Å²) < 4.78 is 43.6. The lowest BCUT2D eigenvalue weighted by Crippen LogP contribution is -2.47. The first-order valence-electron chi connectivity index (χ1n) is 6.70. The Morgan fingerprint density at radius 1 is 1.43 bits per heavy atom. The van der Waals surface area contributed by atoms with Crippen LogP contribution in [0.15, 0.2) is 18.2 Å². The van der Waals surface area contributed by atoms with Gasteiger partial charge in [-0.1, -0.05) is 0 Å². The highest BCUT2D eigenvalue weighted by Gasteiger charge is 2.34. The van der Waals surface area contributed by atoms with Crippen LogP contribution in [0.5, 0.6) is 0 Å². The first kappa shape index (κ1) is 15.6. The molecule has 1 saturated carbocycles. The van der Waals surface area contributed by atoms with Gasteiger partial charge in [0.1, 0.15) is 0 Å². The van der Waals surface area contributed by atoms with Crippen LogP contribution in [0.3, 0.4) is 0 Å². The first-order chi connectivity index (χ1) is 9.81. The standard InChI is InChI=1S/C14H17F3N2O2/c1-2-21-10-6-9(7-10)19-13(20)8-3-4-12(18)11(5-8)14(15,16)17/h3-5,9-10H,2,6-7,18H2,1H3,(H,19,20). The summed E-state index contributed by atoms with van der Waals surface area (Å²) in [6, 6.07) is 3.12. The smallest absolute Gasteiger partial charge is 0.398 e. The largest absolute Gasteiger partial charge is 0.418 e. The van der Waals surface area contributed by atoms with Crippen LogP contribution < -0.4 is 11.1 Å². The molecule has 0 heterocycles. The van der Waals surface area contributed by atoms with Gasteiger partial charge in [-0.25, -0.2) is 0 Å². The van der Waals surface area contributed by atoms with Crippen LogP contribution in [-0.2, 0) is 10.9 Å². The van der Waals surface area contributed by atoms with E-state index in [0.717, 1.165) is 12.1 Å². The predicted molar refractivity (Wildman–Crippen MR) is 71.8 cm³/mol. The molecule has 0 saturated heterocycles. The molecule has 1 fully saturated rings. The van der Waals surface area contributed by atoms with Crippen molar-refractivity contribution < 1.29 is 22.7 Å². The van der Waals surface area contributed by atoms with E-state index in [4.69, 9.17) is 10.5 Å². The third-order valence-corrected chi connectivity index (χ3v) is 3.45. The molecule has 0 aliphatic heterocycles. The van der Waals surface area contributed by atoms with Gasteiger partial charge in [-0.05, 0) is 38.0 Å². The average Bonchev–Trinajstić information content (AvgIpc) is 2.35. The number of ether oxygens (including phenoxy) is 1. The highest BCUT2D eigenvalue weighted by Crippen LogP contribution is 2.34. The Morgan fingerprint density at radius 3 is 2.67 bits per heavy atom. The highest BCUT2D eigenvalue weighted by atomic mass is 19.4. The second-order valence-corrected chi connectivity index (χ2v) is 5.02. The Bertz CT molecular complexity index is 525. The van der Waals surface area contributed by atoms with E-state index in [1.165, 1.54) is 6.07 Å². The molecule has 0 atom stereocenters. The Balaban J connectivity index is 2.01. The molecule has 116 valence electrons. The number of nitrogen functional groups attached to an aromatic ring is 1. The molecule has 0 radical (unpaired) electrons. The van der Waals surface area contributed by atoms with Crippen LogP contribution in [0, 0.1) is 0 Å². The molecule has 1 aromatic carbocycles. The number of carbonyl (C=O) groups is 1. The number of hydrogen-bond acceptors (Lipinski definition) is 3. The lowest BCUT2D eigenvalue weighted by Gasteiger charge is -2.35. The third-order valence-electron chi connectivity index (χ3n) is 3.45. The van der Waals surface area contributed by atoms with Gasteiger partial charge in [0.25, 0.3) is 5.91 Å². The number of carbonyl (C=O) groups excluding carboxylic acids is 1. The molecule has 1 aliphatic rings. The molecule has 0 bridgehead atoms. The SMILES string of the molecule is CCOC1CC(NC(=O)c2ccc(N)c(C(F)(F)F)c2)C1. The maximum absolute atomic E-state index is 12.7. The van der Waals surface area contributed by atoms with Crippen molar-refractivity contribution >= 4 is 11.6 Å². The molecule has 1 aliphatic carbocycles. The van der Waals surface area contributed by atoms with Crippen LogP contribution in [0.1, 0.15) is 35.7 Å². The fourth-order valence-corrected chi connectivity index (χ4v) is 2.27. The molecule has 3 N–H and O–H groups in total. The van der Waals surface area contributed by atoms with Gasteiger partial charge in [0.05, 0.1) is 11.7 Å². The van der Waals surface area contributed by atoms with E-state index in [1.54, 1.807) is 0 Å². The first-order valence-corrected chi connectivity index (χ1v) is 6.70. The van der Waals surface area contributed by atoms with Gasteiger partial charge in [0.15, 0.2) is 0 Å². The lowest BCUT2D eigenvalue weighted by molar-refractivity contribution is -0.136. The van der Waals surface area contributed by atoms with E-state index in [9.17, 15) is 18.0 Å². The van der Waals surface area contributed by atoms with E-state index in [2.05, 4.69) is 5.32 Å². The number of alkyl halides is 3. The summed E-state index contributed by atoms with van der Waals surface area (Å²) in [7, 11) is 0. The van der Waals surface area contributed by atoms with Crippen LogP contribution >= 0.6 is 0 Å². The molecule has 21 heavy (non-hydrogen) atoms. The van der Waals surface area contributed by atoms with Crippen molar-refractivity contribution in [1.82, 2.24) is 5.32 Å². The number of nitrogens with one attached hydrogen (secondary N) is 1. The summed E-state index contributed by atoms with van der Waals surface area (Å²) in [5.41, 5.74) is 3.87. The van der Waals surface area contributed by atoms with Gasteiger partial charge in [-0.3, -0.25) is 4.79 Å². The maximum Gasteiger partial charge on any atom is 0.418 e. The molecule has 1 aromatic rings. The minimum Gasteiger partial charge on any atom is -0.398 e. The van der Waals surface area contributed by atoms with E-state index in [-0.39, 0.29) is 23.4 Å². The predicted octanol–water partition coefficient (Wildman–Crippen LogP) is 2.58. The summed E-state index contributed by atoms with van der Waals surface area (Å²) in [6.07, 6.45) is -3.09. The molecule has 2 rings (SSSR count). The Morgan fingerprint density at radius 2 is 2.10 bits per heavy atom. The highest BCUT2D eigenvalue weighted by molar-refractivity contribution is 5.95. The van der Waals surface area contributed by atoms with Crippen molar-refractivity contribution in [2.45, 2.75) is 38.1 Å². The van der Waals surface area contributed by atoms with Crippen molar-refractivity contribution in [2.24, 2.45) is 0 Å². The summed E-state index contributed by atoms with van der Waals surface area (Å²) in [5.74, 6) is -0.527. The maximum atomic E-state index is 12.7. The van der Waals surface area contributed by atoms with E-state index in [1.807, 2.05) is 6.92 Å². The Kier molecular flexibility index (Phi) is 4.41. The summed E-state index contributed by atoms with van der Waals surface area (Å²) in [6.45, 7) is 2.50. The molecule has 1 amide bonds. The van der Waals surface area contributed by atoms with Crippen LogP contribution in [0.25, 0.3) is 0 Å². The molecular formula is C14H17F3N2O2. The third kappa shape index (κ3) is 3.66. The summed E-state index contributed by atoms with van der Waals surface area (Å²) >= 11 is 0. The fourth-order valence-electron chi connectivity index (χ4n) is 2.27. The van der Waals surface area contributed by atoms with Gasteiger partial charge in [0, 0.05) is 23.9 Å². The number of nitrogens with two attached hydrogens (primary N) is 1. The molecule has 4 nitrogen and oxygen atoms in total. The Hall–Kier alpha value is -1.76. The van der Waals surface area contributed by atoms with Gasteiger partial charge < -0.3 is 15.8 Å². The monoisotopic (exact) mass is 302 g/mol. The summed E-state index contributed by atoms with van der Waals surface area (Å²) in [4.78, 5) is 11.9. The van der Waals surface area contributed by atoms with E-state index >= 15 is 0 Å². The Labute approximate surface area is 120 Å². The minimum atomic E-state index is -4.57. The average molecular weight is 302 g/mol. The van der Waals surface area contributed by atoms with Crippen LogP contribution in [0.2, 0.25) is 0 Å². The van der Waals surface area contributed by atoms with Crippen molar-refractivity contribution in [3.05, 3.63) is 29.3 Å². The molecule has 7 heteroatoms. The van der Waals surface area contributed by atoms with Gasteiger partial charge >= 0.3 is 6.18 Å². The minimum absolute atomic E-state index is 0.0450. The fraction of sp³-hybridized carbons (Fsp3) is 0.500. The summed E-state index contributed by atoms with van der Waals surface area (Å²) in [5, 5.41) is 2.69. The number of anilines is 1. The van der Waals surface area contributed by atoms with Gasteiger partial charge in [0.2, 0.25) is 0 Å². The zero-order chi connectivity index (χ0) is 15.6. The molecule has 0 aromatic heterocycles. The topological polar surface area (TPSA) is 64.3 Å². The normalized spacial score (nSPS) is 21.7. The van der Waals surface area contributed by atoms with Crippen molar-refractivity contribution in [1.29, 1.82) is 0 Å². The number of hydrogen-bond donors (Lipinski definition) is 2.